The van der Waals surface area contributed by atoms with Gasteiger partial charge in [-0.2, -0.15) is 0 Å². The molecule has 0 aliphatic heterocycles. The first-order chi connectivity index (χ1) is 6.38. The van der Waals surface area contributed by atoms with E-state index >= 15 is 0 Å². The monoisotopic (exact) mass is 226 g/mol. The summed E-state index contributed by atoms with van der Waals surface area (Å²) in [4.78, 5) is 0. The van der Waals surface area contributed by atoms with Gasteiger partial charge in [0.25, 0.3) is 0 Å². The molecule has 1 nitrogen and oxygen atoms in total. The Labute approximate surface area is 91.5 Å². The maximum Gasteiger partial charge on any atom is 0.242 e. The van der Waals surface area contributed by atoms with Gasteiger partial charge in [0.05, 0.1) is 0 Å². The van der Waals surface area contributed by atoms with Crippen LogP contribution in [-0.2, 0) is 4.43 Å². The molecule has 0 aliphatic rings. The maximum atomic E-state index is 5.79. The molecule has 76 valence electrons. The van der Waals surface area contributed by atoms with E-state index in [0.29, 0.717) is 0 Å². The van der Waals surface area contributed by atoms with E-state index in [1.54, 1.807) is 0 Å². The van der Waals surface area contributed by atoms with Crippen molar-refractivity contribution in [1.29, 1.82) is 0 Å². The highest BCUT2D eigenvalue weighted by atomic mass is 35.5. The summed E-state index contributed by atoms with van der Waals surface area (Å²) in [7, 11) is -1.55. The molecule has 1 aromatic rings. The molecule has 0 saturated carbocycles. The third kappa shape index (κ3) is 3.56. The lowest BCUT2D eigenvalue weighted by atomic mass is 10.2. The molecule has 0 saturated heterocycles. The van der Waals surface area contributed by atoms with Crippen molar-refractivity contribution >= 4 is 25.7 Å². The SMILES string of the molecule is C=C(O[Si](C)(C)C)c1ccc(Cl)cc1. The van der Waals surface area contributed by atoms with Gasteiger partial charge in [-0.25, -0.2) is 0 Å². The third-order valence-electron chi connectivity index (χ3n) is 1.60. The summed E-state index contributed by atoms with van der Waals surface area (Å²) in [5.74, 6) is 0.737. The van der Waals surface area contributed by atoms with Gasteiger partial charge in [0.15, 0.2) is 0 Å². The van der Waals surface area contributed by atoms with Crippen LogP contribution in [0.15, 0.2) is 30.8 Å². The molecular weight excluding hydrogens is 212 g/mol. The van der Waals surface area contributed by atoms with Crippen LogP contribution in [0.25, 0.3) is 5.76 Å². The van der Waals surface area contributed by atoms with Crippen LogP contribution in [0.3, 0.4) is 0 Å². The number of rotatable bonds is 3. The second-order valence-electron chi connectivity index (χ2n) is 4.14. The molecule has 0 radical (unpaired) electrons. The van der Waals surface area contributed by atoms with Crippen LogP contribution in [-0.4, -0.2) is 8.32 Å². The van der Waals surface area contributed by atoms with Crippen LogP contribution in [0.5, 0.6) is 0 Å². The fourth-order valence-electron chi connectivity index (χ4n) is 1.06. The van der Waals surface area contributed by atoms with Crippen molar-refractivity contribution in [2.24, 2.45) is 0 Å². The molecule has 1 rings (SSSR count). The molecule has 0 amide bonds. The summed E-state index contributed by atoms with van der Waals surface area (Å²) in [6.45, 7) is 10.3. The second-order valence-corrected chi connectivity index (χ2v) is 9.01. The quantitative estimate of drug-likeness (QED) is 0.556. The van der Waals surface area contributed by atoms with Crippen molar-refractivity contribution in [2.45, 2.75) is 19.6 Å². The Hall–Kier alpha value is -0.733. The normalized spacial score (nSPS) is 11.1. The van der Waals surface area contributed by atoms with E-state index in [0.717, 1.165) is 16.3 Å². The van der Waals surface area contributed by atoms with Crippen LogP contribution in [0, 0.1) is 0 Å². The predicted molar refractivity (Wildman–Crippen MR) is 64.9 cm³/mol. The van der Waals surface area contributed by atoms with Crippen molar-refractivity contribution in [2.75, 3.05) is 0 Å². The summed E-state index contributed by atoms with van der Waals surface area (Å²) < 4.78 is 5.76. The Morgan fingerprint density at radius 1 is 1.21 bits per heavy atom. The third-order valence-corrected chi connectivity index (χ3v) is 2.71. The van der Waals surface area contributed by atoms with E-state index in [9.17, 15) is 0 Å². The van der Waals surface area contributed by atoms with Gasteiger partial charge in [0.2, 0.25) is 8.32 Å². The topological polar surface area (TPSA) is 9.23 Å². The van der Waals surface area contributed by atoms with Gasteiger partial charge in [-0.3, -0.25) is 0 Å². The van der Waals surface area contributed by atoms with Crippen LogP contribution < -0.4 is 0 Å². The largest absolute Gasteiger partial charge is 0.544 e. The molecule has 1 aromatic carbocycles. The Balaban J connectivity index is 2.76. The zero-order chi connectivity index (χ0) is 10.8. The van der Waals surface area contributed by atoms with Crippen LogP contribution in [0.4, 0.5) is 0 Å². The van der Waals surface area contributed by atoms with Crippen molar-refractivity contribution in [3.8, 4) is 0 Å². The highest BCUT2D eigenvalue weighted by Gasteiger charge is 2.17. The lowest BCUT2D eigenvalue weighted by Crippen LogP contribution is -2.24. The molecule has 0 heterocycles. The van der Waals surface area contributed by atoms with E-state index in [1.807, 2.05) is 24.3 Å². The van der Waals surface area contributed by atoms with Gasteiger partial charge in [0.1, 0.15) is 5.76 Å². The minimum absolute atomic E-state index is 0.731. The summed E-state index contributed by atoms with van der Waals surface area (Å²) in [6, 6.07) is 7.53. The highest BCUT2D eigenvalue weighted by molar-refractivity contribution is 6.70. The van der Waals surface area contributed by atoms with Gasteiger partial charge in [-0.15, -0.1) is 0 Å². The second kappa shape index (κ2) is 4.19. The smallest absolute Gasteiger partial charge is 0.242 e. The Morgan fingerprint density at radius 2 is 1.71 bits per heavy atom. The Kier molecular flexibility index (Phi) is 3.40. The van der Waals surface area contributed by atoms with Crippen molar-refractivity contribution in [3.63, 3.8) is 0 Å². The minimum Gasteiger partial charge on any atom is -0.544 e. The van der Waals surface area contributed by atoms with Gasteiger partial charge in [-0.1, -0.05) is 18.2 Å². The van der Waals surface area contributed by atoms with Crippen LogP contribution >= 0.6 is 11.6 Å². The average molecular weight is 227 g/mol. The van der Waals surface area contributed by atoms with Crippen molar-refractivity contribution in [3.05, 3.63) is 41.4 Å². The first-order valence-electron chi connectivity index (χ1n) is 4.52. The van der Waals surface area contributed by atoms with Crippen molar-refractivity contribution in [1.82, 2.24) is 0 Å². The van der Waals surface area contributed by atoms with E-state index < -0.39 is 8.32 Å². The summed E-state index contributed by atoms with van der Waals surface area (Å²) in [5, 5.41) is 0.731. The number of benzene rings is 1. The molecular formula is C11H15ClOSi. The molecule has 0 aliphatic carbocycles. The van der Waals surface area contributed by atoms with Crippen molar-refractivity contribution < 1.29 is 4.43 Å². The van der Waals surface area contributed by atoms with Gasteiger partial charge >= 0.3 is 0 Å². The zero-order valence-corrected chi connectivity index (χ0v) is 10.6. The molecule has 0 fully saturated rings. The lowest BCUT2D eigenvalue weighted by molar-refractivity contribution is 0.516. The zero-order valence-electron chi connectivity index (χ0n) is 8.80. The maximum absolute atomic E-state index is 5.79. The summed E-state index contributed by atoms with van der Waals surface area (Å²) in [6.07, 6.45) is 0. The number of hydrogen-bond donors (Lipinski definition) is 0. The van der Waals surface area contributed by atoms with Crippen LogP contribution in [0.1, 0.15) is 5.56 Å². The fourth-order valence-corrected chi connectivity index (χ4v) is 2.05. The average Bonchev–Trinajstić information content (AvgIpc) is 2.02. The van der Waals surface area contributed by atoms with Crippen LogP contribution in [0.2, 0.25) is 24.7 Å². The molecule has 0 spiro atoms. The van der Waals surface area contributed by atoms with E-state index in [4.69, 9.17) is 16.0 Å². The first-order valence-corrected chi connectivity index (χ1v) is 8.31. The Morgan fingerprint density at radius 3 is 2.14 bits per heavy atom. The van der Waals surface area contributed by atoms with E-state index in [2.05, 4.69) is 26.2 Å². The molecule has 0 unspecified atom stereocenters. The van der Waals surface area contributed by atoms with Gasteiger partial charge in [-0.05, 0) is 43.9 Å². The summed E-state index contributed by atoms with van der Waals surface area (Å²) >= 11 is 5.79. The van der Waals surface area contributed by atoms with E-state index in [-0.39, 0.29) is 0 Å². The lowest BCUT2D eigenvalue weighted by Gasteiger charge is -2.21. The minimum atomic E-state index is -1.55. The standard InChI is InChI=1S/C11H15ClOSi/c1-9(13-14(2,3)4)10-5-7-11(12)8-6-10/h5-8H,1H2,2-4H3. The van der Waals surface area contributed by atoms with Gasteiger partial charge in [0, 0.05) is 10.6 Å². The molecule has 0 atom stereocenters. The first kappa shape index (κ1) is 11.3. The molecule has 14 heavy (non-hydrogen) atoms. The number of hydrogen-bond acceptors (Lipinski definition) is 1. The fraction of sp³-hybridized carbons (Fsp3) is 0.273. The van der Waals surface area contributed by atoms with E-state index in [1.165, 1.54) is 0 Å². The molecule has 0 bridgehead atoms. The highest BCUT2D eigenvalue weighted by Crippen LogP contribution is 2.20. The molecule has 0 aromatic heterocycles. The van der Waals surface area contributed by atoms with Gasteiger partial charge < -0.3 is 4.43 Å². The number of halogens is 1. The Bertz CT molecular complexity index is 324. The summed E-state index contributed by atoms with van der Waals surface area (Å²) in [5.41, 5.74) is 0.997. The predicted octanol–water partition coefficient (Wildman–Crippen LogP) is 4.16. The molecule has 3 heteroatoms. The molecule has 0 N–H and O–H groups in total.